The molecular formula is C10H16O9S. The lowest BCUT2D eigenvalue weighted by Crippen LogP contribution is -2.21. The molecular weight excluding hydrogens is 296 g/mol. The van der Waals surface area contributed by atoms with E-state index in [1.54, 1.807) is 6.07 Å². The molecule has 0 fully saturated rings. The smallest absolute Gasteiger partial charge is 0.394 e. The van der Waals surface area contributed by atoms with Gasteiger partial charge in [-0.15, -0.1) is 0 Å². The van der Waals surface area contributed by atoms with E-state index in [0.29, 0.717) is 11.5 Å². The Labute approximate surface area is 115 Å². The Balaban J connectivity index is 0.000000621. The molecule has 9 nitrogen and oxygen atoms in total. The molecule has 0 aromatic heterocycles. The Hall–Kier alpha value is -1.59. The molecule has 10 heteroatoms. The van der Waals surface area contributed by atoms with Crippen LogP contribution in [-0.4, -0.2) is 59.3 Å². The average Bonchev–Trinajstić information content (AvgIpc) is 2.35. The zero-order chi connectivity index (χ0) is 15.8. The second-order valence-electron chi connectivity index (χ2n) is 3.43. The molecule has 0 heterocycles. The van der Waals surface area contributed by atoms with Crippen LogP contribution < -0.4 is 9.47 Å². The molecule has 5 N–H and O–H groups in total. The number of rotatable bonds is 5. The van der Waals surface area contributed by atoms with Gasteiger partial charge in [-0.05, 0) is 12.1 Å². The van der Waals surface area contributed by atoms with Crippen LogP contribution in [0.4, 0.5) is 0 Å². The predicted molar refractivity (Wildman–Crippen MR) is 67.4 cm³/mol. The van der Waals surface area contributed by atoms with Gasteiger partial charge < -0.3 is 24.8 Å². The highest BCUT2D eigenvalue weighted by Gasteiger charge is 2.06. The lowest BCUT2D eigenvalue weighted by atomic mass is 10.3. The predicted octanol–water partition coefficient (Wildman–Crippen LogP) is -0.520. The fourth-order valence-electron chi connectivity index (χ4n) is 0.993. The lowest BCUT2D eigenvalue weighted by molar-refractivity contribution is 0.0535. The number of aliphatic hydroxyl groups excluding tert-OH is 2. The number of phenolic OH excluding ortho intramolecular Hbond substituents is 1. The van der Waals surface area contributed by atoms with Crippen LogP contribution in [0, 0.1) is 0 Å². The molecule has 0 bridgehead atoms. The van der Waals surface area contributed by atoms with Gasteiger partial charge in [0.25, 0.3) is 0 Å². The van der Waals surface area contributed by atoms with Gasteiger partial charge in [0.15, 0.2) is 11.5 Å². The summed E-state index contributed by atoms with van der Waals surface area (Å²) < 4.78 is 41.6. The van der Waals surface area contributed by atoms with Gasteiger partial charge in [0, 0.05) is 6.07 Å². The lowest BCUT2D eigenvalue weighted by Gasteiger charge is -2.11. The van der Waals surface area contributed by atoms with Gasteiger partial charge in [-0.1, -0.05) is 0 Å². The van der Waals surface area contributed by atoms with Gasteiger partial charge >= 0.3 is 10.4 Å². The van der Waals surface area contributed by atoms with Crippen molar-refractivity contribution in [2.24, 2.45) is 0 Å². The Morgan fingerprint density at radius 1 is 1.30 bits per heavy atom. The third kappa shape index (κ3) is 9.35. The third-order valence-corrected chi connectivity index (χ3v) is 1.80. The molecule has 0 amide bonds. The number of hydrogen-bond donors (Lipinski definition) is 5. The van der Waals surface area contributed by atoms with Crippen LogP contribution in [0.25, 0.3) is 0 Å². The first kappa shape index (κ1) is 18.4. The fourth-order valence-corrected chi connectivity index (χ4v) is 0.993. The van der Waals surface area contributed by atoms with Gasteiger partial charge in [-0.3, -0.25) is 9.11 Å². The molecule has 0 radical (unpaired) electrons. The molecule has 116 valence electrons. The first-order valence-electron chi connectivity index (χ1n) is 5.16. The molecule has 0 saturated carbocycles. The van der Waals surface area contributed by atoms with Crippen molar-refractivity contribution in [3.05, 3.63) is 18.2 Å². The maximum Gasteiger partial charge on any atom is 0.394 e. The minimum absolute atomic E-state index is 0.00949. The van der Waals surface area contributed by atoms with Gasteiger partial charge in [0.05, 0.1) is 13.7 Å². The average molecular weight is 312 g/mol. The number of aliphatic hydroxyl groups is 2. The van der Waals surface area contributed by atoms with Gasteiger partial charge in [0.1, 0.15) is 18.5 Å². The van der Waals surface area contributed by atoms with Crippen molar-refractivity contribution in [2.45, 2.75) is 6.10 Å². The van der Waals surface area contributed by atoms with E-state index >= 15 is 0 Å². The van der Waals surface area contributed by atoms with Crippen molar-refractivity contribution < 1.29 is 42.3 Å². The Bertz CT molecular complexity index is 491. The Kier molecular flexibility index (Phi) is 7.87. The Morgan fingerprint density at radius 2 is 1.85 bits per heavy atom. The Morgan fingerprint density at radius 3 is 2.30 bits per heavy atom. The van der Waals surface area contributed by atoms with Gasteiger partial charge in [-0.2, -0.15) is 8.42 Å². The largest absolute Gasteiger partial charge is 0.504 e. The van der Waals surface area contributed by atoms with E-state index in [2.05, 4.69) is 0 Å². The van der Waals surface area contributed by atoms with Crippen LogP contribution in [0.2, 0.25) is 0 Å². The summed E-state index contributed by atoms with van der Waals surface area (Å²) in [6.45, 7) is -0.361. The van der Waals surface area contributed by atoms with Crippen LogP contribution in [-0.2, 0) is 10.4 Å². The number of phenols is 1. The summed E-state index contributed by atoms with van der Waals surface area (Å²) in [5, 5.41) is 26.9. The fraction of sp³-hybridized carbons (Fsp3) is 0.400. The topological polar surface area (TPSA) is 154 Å². The molecule has 0 spiro atoms. The number of ether oxygens (including phenoxy) is 2. The summed E-state index contributed by atoms with van der Waals surface area (Å²) in [5.41, 5.74) is 0. The van der Waals surface area contributed by atoms with Crippen molar-refractivity contribution in [3.8, 4) is 17.2 Å². The van der Waals surface area contributed by atoms with E-state index in [0.717, 1.165) is 0 Å². The van der Waals surface area contributed by atoms with E-state index in [1.807, 2.05) is 0 Å². The molecule has 0 aliphatic heterocycles. The summed E-state index contributed by atoms with van der Waals surface area (Å²) in [6, 6.07) is 4.47. The van der Waals surface area contributed by atoms with E-state index in [1.165, 1.54) is 19.2 Å². The number of aromatic hydroxyl groups is 1. The van der Waals surface area contributed by atoms with Crippen LogP contribution >= 0.6 is 0 Å². The van der Waals surface area contributed by atoms with E-state index in [4.69, 9.17) is 37.2 Å². The first-order chi connectivity index (χ1) is 9.17. The molecule has 1 aromatic rings. The van der Waals surface area contributed by atoms with Crippen LogP contribution in [0.15, 0.2) is 18.2 Å². The molecule has 1 unspecified atom stereocenters. The normalized spacial score (nSPS) is 12.1. The molecule has 1 aromatic carbocycles. The summed E-state index contributed by atoms with van der Waals surface area (Å²) in [6.07, 6.45) is -0.912. The summed E-state index contributed by atoms with van der Waals surface area (Å²) in [7, 11) is -3.23. The van der Waals surface area contributed by atoms with Crippen LogP contribution in [0.1, 0.15) is 0 Å². The SMILES string of the molecule is COc1cc(OCC(O)CO)ccc1O.O=S(=O)(O)O. The van der Waals surface area contributed by atoms with Crippen molar-refractivity contribution in [3.63, 3.8) is 0 Å². The molecule has 1 atom stereocenters. The quantitative estimate of drug-likeness (QED) is 0.452. The zero-order valence-corrected chi connectivity index (χ0v) is 11.3. The van der Waals surface area contributed by atoms with Crippen molar-refractivity contribution in [1.29, 1.82) is 0 Å². The zero-order valence-electron chi connectivity index (χ0n) is 10.5. The van der Waals surface area contributed by atoms with E-state index < -0.39 is 16.5 Å². The van der Waals surface area contributed by atoms with Crippen molar-refractivity contribution in [2.75, 3.05) is 20.3 Å². The molecule has 1 rings (SSSR count). The summed E-state index contributed by atoms with van der Waals surface area (Å²) >= 11 is 0. The third-order valence-electron chi connectivity index (χ3n) is 1.80. The first-order valence-corrected chi connectivity index (χ1v) is 6.55. The van der Waals surface area contributed by atoms with Gasteiger partial charge in [-0.25, -0.2) is 0 Å². The van der Waals surface area contributed by atoms with Crippen LogP contribution in [0.3, 0.4) is 0 Å². The monoisotopic (exact) mass is 312 g/mol. The highest BCUT2D eigenvalue weighted by Crippen LogP contribution is 2.29. The molecule has 0 aliphatic rings. The molecule has 20 heavy (non-hydrogen) atoms. The second-order valence-corrected chi connectivity index (χ2v) is 4.32. The van der Waals surface area contributed by atoms with Crippen molar-refractivity contribution >= 4 is 10.4 Å². The molecule has 0 saturated heterocycles. The minimum atomic E-state index is -4.67. The van der Waals surface area contributed by atoms with E-state index in [9.17, 15) is 5.11 Å². The summed E-state index contributed by atoms with van der Waals surface area (Å²) in [5.74, 6) is 0.774. The van der Waals surface area contributed by atoms with Gasteiger partial charge in [0.2, 0.25) is 0 Å². The highest BCUT2D eigenvalue weighted by molar-refractivity contribution is 7.79. The number of benzene rings is 1. The second kappa shape index (κ2) is 8.55. The standard InChI is InChI=1S/C10H14O5.H2O4S/c1-14-10-4-8(2-3-9(10)13)15-6-7(12)5-11;1-5(2,3)4/h2-4,7,11-13H,5-6H2,1H3;(H2,1,2,3,4). The van der Waals surface area contributed by atoms with Crippen LogP contribution in [0.5, 0.6) is 17.2 Å². The molecule has 0 aliphatic carbocycles. The number of methoxy groups -OCH3 is 1. The maximum atomic E-state index is 9.29. The maximum absolute atomic E-state index is 9.29. The minimum Gasteiger partial charge on any atom is -0.504 e. The van der Waals surface area contributed by atoms with Crippen molar-refractivity contribution in [1.82, 2.24) is 0 Å². The van der Waals surface area contributed by atoms with E-state index in [-0.39, 0.29) is 19.0 Å². The summed E-state index contributed by atoms with van der Waals surface area (Å²) in [4.78, 5) is 0. The number of hydrogen-bond acceptors (Lipinski definition) is 7. The highest BCUT2D eigenvalue weighted by atomic mass is 32.3.